The first-order valence-corrected chi connectivity index (χ1v) is 6.91. The van der Waals surface area contributed by atoms with Crippen molar-refractivity contribution in [1.82, 2.24) is 0 Å². The van der Waals surface area contributed by atoms with Gasteiger partial charge in [-0.1, -0.05) is 36.4 Å². The Bertz CT molecular complexity index is 663. The van der Waals surface area contributed by atoms with Gasteiger partial charge in [0.25, 0.3) is 0 Å². The standard InChI is InChI=1S/C13H11NO2.C5H5N.BrH/c15-13(16)12-6-4-11(5-7-12)10-14-8-2-1-3-9-14;1-2-4-6-5-3-1;/h1-9H,10H2;1-5H;1H. The minimum atomic E-state index is -1.14. The number of pyridine rings is 2. The molecule has 5 heteroatoms. The van der Waals surface area contributed by atoms with Crippen LogP contribution in [-0.4, -0.2) is 5.97 Å². The topological polar surface area (TPSA) is 58.1 Å². The van der Waals surface area contributed by atoms with E-state index in [0.29, 0.717) is 0 Å². The zero-order valence-corrected chi connectivity index (χ0v) is 14.0. The summed E-state index contributed by atoms with van der Waals surface area (Å²) >= 11 is 0. The number of aromatic amines is 1. The van der Waals surface area contributed by atoms with Crippen molar-refractivity contribution in [3.63, 3.8) is 0 Å². The zero-order valence-electron chi connectivity index (χ0n) is 12.4. The number of rotatable bonds is 3. The van der Waals surface area contributed by atoms with Gasteiger partial charge in [0.15, 0.2) is 31.3 Å². The van der Waals surface area contributed by atoms with Crippen molar-refractivity contribution in [3.8, 4) is 0 Å². The maximum absolute atomic E-state index is 10.6. The van der Waals surface area contributed by atoms with E-state index in [4.69, 9.17) is 0 Å². The average Bonchev–Trinajstić information content (AvgIpc) is 2.58. The fourth-order valence-corrected chi connectivity index (χ4v) is 1.84. The summed E-state index contributed by atoms with van der Waals surface area (Å²) in [6.45, 7) is 0.730. The van der Waals surface area contributed by atoms with Gasteiger partial charge in [-0.15, -0.1) is 0 Å². The Morgan fingerprint density at radius 3 is 1.91 bits per heavy atom. The Labute approximate surface area is 145 Å². The number of carbonyl (C=O) groups is 1. The number of nitrogens with one attached hydrogen (secondary N) is 1. The first-order chi connectivity index (χ1) is 10.8. The lowest BCUT2D eigenvalue weighted by atomic mass is 10.1. The van der Waals surface area contributed by atoms with Gasteiger partial charge in [-0.2, -0.15) is 0 Å². The molecule has 0 amide bonds. The monoisotopic (exact) mass is 372 g/mol. The Hall–Kier alpha value is -2.53. The van der Waals surface area contributed by atoms with Gasteiger partial charge < -0.3 is 26.9 Å². The molecule has 0 fully saturated rings. The molecule has 0 atom stereocenters. The first kappa shape index (κ1) is 18.5. The molecule has 3 aromatic rings. The van der Waals surface area contributed by atoms with Gasteiger partial charge in [0, 0.05) is 29.8 Å². The number of aromatic nitrogens is 2. The van der Waals surface area contributed by atoms with Gasteiger partial charge in [-0.3, -0.25) is 0 Å². The molecule has 2 aromatic heterocycles. The van der Waals surface area contributed by atoms with Crippen LogP contribution in [0, 0.1) is 0 Å². The third kappa shape index (κ3) is 6.84. The van der Waals surface area contributed by atoms with E-state index in [9.17, 15) is 9.90 Å². The average molecular weight is 373 g/mol. The Kier molecular flexibility index (Phi) is 8.24. The molecule has 2 heterocycles. The maximum Gasteiger partial charge on any atom is 0.173 e. The SMILES string of the molecule is O=C([O-])c1ccc(C[n+]2ccccc2)cc1.[Br-].c1cc[nH+]cc1. The van der Waals surface area contributed by atoms with Crippen LogP contribution in [0.5, 0.6) is 0 Å². The highest BCUT2D eigenvalue weighted by atomic mass is 79.9. The summed E-state index contributed by atoms with van der Waals surface area (Å²) in [5.41, 5.74) is 1.27. The Balaban J connectivity index is 0.000000320. The molecule has 118 valence electrons. The van der Waals surface area contributed by atoms with E-state index in [1.165, 1.54) is 0 Å². The van der Waals surface area contributed by atoms with Crippen LogP contribution in [0.15, 0.2) is 85.5 Å². The lowest BCUT2D eigenvalue weighted by molar-refractivity contribution is -0.688. The Morgan fingerprint density at radius 1 is 0.913 bits per heavy atom. The number of carboxylic acid groups (broad SMARTS) is 1. The number of carboxylic acids is 1. The summed E-state index contributed by atoms with van der Waals surface area (Å²) < 4.78 is 2.02. The number of aromatic carboxylic acids is 1. The second kappa shape index (κ2) is 10.2. The van der Waals surface area contributed by atoms with Crippen LogP contribution in [0.1, 0.15) is 15.9 Å². The number of hydrogen-bond acceptors (Lipinski definition) is 2. The van der Waals surface area contributed by atoms with Crippen molar-refractivity contribution in [2.24, 2.45) is 0 Å². The van der Waals surface area contributed by atoms with Crippen molar-refractivity contribution in [2.75, 3.05) is 0 Å². The smallest absolute Gasteiger partial charge is 0.173 e. The minimum absolute atomic E-state index is 0. The van der Waals surface area contributed by atoms with Crippen LogP contribution in [0.25, 0.3) is 0 Å². The lowest BCUT2D eigenvalue weighted by Crippen LogP contribution is -3.00. The minimum Gasteiger partial charge on any atom is -1.00 e. The molecule has 0 spiro atoms. The van der Waals surface area contributed by atoms with E-state index in [-0.39, 0.29) is 22.5 Å². The Morgan fingerprint density at radius 2 is 1.48 bits per heavy atom. The van der Waals surface area contributed by atoms with E-state index in [0.717, 1.165) is 12.1 Å². The third-order valence-electron chi connectivity index (χ3n) is 2.94. The van der Waals surface area contributed by atoms with Crippen LogP contribution in [0.4, 0.5) is 0 Å². The lowest BCUT2D eigenvalue weighted by Gasteiger charge is -2.02. The molecular weight excluding hydrogens is 356 g/mol. The number of H-pyrrole nitrogens is 1. The molecule has 3 rings (SSSR count). The molecule has 0 aliphatic carbocycles. The van der Waals surface area contributed by atoms with E-state index >= 15 is 0 Å². The highest BCUT2D eigenvalue weighted by molar-refractivity contribution is 5.85. The molecule has 0 radical (unpaired) electrons. The number of nitrogens with zero attached hydrogens (tertiary/aromatic N) is 1. The normalized spacial score (nSPS) is 9.04. The summed E-state index contributed by atoms with van der Waals surface area (Å²) in [5, 5.41) is 10.6. The molecule has 23 heavy (non-hydrogen) atoms. The third-order valence-corrected chi connectivity index (χ3v) is 2.94. The first-order valence-electron chi connectivity index (χ1n) is 6.91. The molecule has 0 saturated carbocycles. The molecule has 4 nitrogen and oxygen atoms in total. The van der Waals surface area contributed by atoms with Crippen molar-refractivity contribution >= 4 is 5.97 Å². The maximum atomic E-state index is 10.6. The van der Waals surface area contributed by atoms with Crippen molar-refractivity contribution in [2.45, 2.75) is 6.54 Å². The number of halogens is 1. The fraction of sp³-hybridized carbons (Fsp3) is 0.0556. The van der Waals surface area contributed by atoms with Gasteiger partial charge in [-0.25, -0.2) is 9.55 Å². The fourth-order valence-electron chi connectivity index (χ4n) is 1.84. The van der Waals surface area contributed by atoms with Crippen LogP contribution in [0.3, 0.4) is 0 Å². The van der Waals surface area contributed by atoms with Crippen molar-refractivity contribution in [1.29, 1.82) is 0 Å². The quantitative estimate of drug-likeness (QED) is 0.494. The van der Waals surface area contributed by atoms with Crippen LogP contribution >= 0.6 is 0 Å². The second-order valence-electron chi connectivity index (χ2n) is 4.61. The van der Waals surface area contributed by atoms with Gasteiger partial charge in [0.2, 0.25) is 0 Å². The van der Waals surface area contributed by atoms with Gasteiger partial charge in [0.1, 0.15) is 0 Å². The van der Waals surface area contributed by atoms with E-state index < -0.39 is 5.97 Å². The second-order valence-corrected chi connectivity index (χ2v) is 4.61. The molecule has 0 aliphatic rings. The predicted molar refractivity (Wildman–Crippen MR) is 79.5 cm³/mol. The molecular formula is C18H17BrN2O2. The van der Waals surface area contributed by atoms with Crippen molar-refractivity contribution in [3.05, 3.63) is 96.6 Å². The summed E-state index contributed by atoms with van der Waals surface area (Å²) in [4.78, 5) is 13.4. The summed E-state index contributed by atoms with van der Waals surface area (Å²) in [5.74, 6) is -1.14. The van der Waals surface area contributed by atoms with E-state index in [1.54, 1.807) is 24.3 Å². The number of carbonyl (C=O) groups excluding carboxylic acids is 1. The van der Waals surface area contributed by atoms with E-state index in [2.05, 4.69) is 4.98 Å². The zero-order chi connectivity index (χ0) is 15.6. The van der Waals surface area contributed by atoms with Gasteiger partial charge in [-0.05, 0) is 5.56 Å². The summed E-state index contributed by atoms with van der Waals surface area (Å²) in [6.07, 6.45) is 7.68. The molecule has 0 unspecified atom stereocenters. The van der Waals surface area contributed by atoms with Crippen LogP contribution in [-0.2, 0) is 6.54 Å². The molecule has 1 aromatic carbocycles. The summed E-state index contributed by atoms with van der Waals surface area (Å²) in [6, 6.07) is 18.4. The number of benzene rings is 1. The van der Waals surface area contributed by atoms with Gasteiger partial charge in [0.05, 0.1) is 5.97 Å². The highest BCUT2D eigenvalue weighted by Gasteiger charge is 2.01. The predicted octanol–water partition coefficient (Wildman–Crippen LogP) is -2.11. The van der Waals surface area contributed by atoms with E-state index in [1.807, 2.05) is 65.8 Å². The number of hydrogen-bond donors (Lipinski definition) is 0. The molecule has 0 aliphatic heterocycles. The van der Waals surface area contributed by atoms with Crippen LogP contribution < -0.4 is 31.6 Å². The largest absolute Gasteiger partial charge is 1.00 e. The molecule has 0 saturated heterocycles. The van der Waals surface area contributed by atoms with Crippen LogP contribution in [0.2, 0.25) is 0 Å². The van der Waals surface area contributed by atoms with Gasteiger partial charge >= 0.3 is 0 Å². The summed E-state index contributed by atoms with van der Waals surface area (Å²) in [7, 11) is 0. The van der Waals surface area contributed by atoms with Crippen molar-refractivity contribution < 1.29 is 36.4 Å². The highest BCUT2D eigenvalue weighted by Crippen LogP contribution is 2.03. The molecule has 0 bridgehead atoms. The molecule has 1 N–H and O–H groups in total.